The second-order valence-electron chi connectivity index (χ2n) is 5.30. The largest absolute Gasteiger partial charge is 0.469 e. The molecule has 2 aromatic heterocycles. The number of aromatic nitrogens is 1. The fourth-order valence-electron chi connectivity index (χ4n) is 2.78. The molecule has 1 atom stereocenters. The highest BCUT2D eigenvalue weighted by molar-refractivity contribution is 5.99. The van der Waals surface area contributed by atoms with Crippen molar-refractivity contribution in [2.75, 3.05) is 20.2 Å². The topological polar surface area (TPSA) is 80.1 Å². The number of piperazine rings is 1. The molecular formula is C16H17N3O4. The molecule has 120 valence electrons. The van der Waals surface area contributed by atoms with Crippen molar-refractivity contribution in [2.24, 2.45) is 0 Å². The maximum Gasteiger partial charge on any atom is 0.308 e. The highest BCUT2D eigenvalue weighted by Crippen LogP contribution is 2.17. The van der Waals surface area contributed by atoms with E-state index in [-0.39, 0.29) is 18.2 Å². The highest BCUT2D eigenvalue weighted by Gasteiger charge is 2.36. The van der Waals surface area contributed by atoms with Crippen LogP contribution < -0.4 is 5.32 Å². The van der Waals surface area contributed by atoms with E-state index in [1.807, 2.05) is 24.3 Å². The number of ether oxygens (including phenoxy) is 1. The summed E-state index contributed by atoms with van der Waals surface area (Å²) < 4.78 is 6.40. The van der Waals surface area contributed by atoms with Gasteiger partial charge in [-0.2, -0.15) is 0 Å². The van der Waals surface area contributed by atoms with E-state index in [9.17, 15) is 14.4 Å². The zero-order valence-corrected chi connectivity index (χ0v) is 12.7. The predicted molar refractivity (Wildman–Crippen MR) is 81.9 cm³/mol. The number of hydrogen-bond acceptors (Lipinski definition) is 4. The number of pyridine rings is 1. The molecule has 23 heavy (non-hydrogen) atoms. The van der Waals surface area contributed by atoms with Gasteiger partial charge in [0.15, 0.2) is 0 Å². The zero-order chi connectivity index (χ0) is 16.4. The van der Waals surface area contributed by atoms with Crippen molar-refractivity contribution in [3.05, 3.63) is 42.2 Å². The molecule has 0 bridgehead atoms. The Morgan fingerprint density at radius 3 is 2.91 bits per heavy atom. The average molecular weight is 315 g/mol. The minimum atomic E-state index is -0.849. The summed E-state index contributed by atoms with van der Waals surface area (Å²) in [6.45, 7) is 0.720. The van der Waals surface area contributed by atoms with Gasteiger partial charge in [-0.25, -0.2) is 0 Å². The third-order valence-corrected chi connectivity index (χ3v) is 3.96. The first-order valence-electron chi connectivity index (χ1n) is 7.33. The number of carbonyl (C=O) groups excluding carboxylic acids is 3. The molecule has 0 saturated carbocycles. The van der Waals surface area contributed by atoms with Crippen LogP contribution in [-0.2, 0) is 14.3 Å². The second kappa shape index (κ2) is 6.12. The summed E-state index contributed by atoms with van der Waals surface area (Å²) in [5.41, 5.74) is 1.35. The standard InChI is InChI=1S/C16H17N3O4/c1-23-14(20)10-13-15(21)17-7-9-19(13)16(22)12-6-5-11-4-2-3-8-18(11)12/h2-6,8,13H,7,9-10H2,1H3,(H,17,21). The van der Waals surface area contributed by atoms with Crippen LogP contribution >= 0.6 is 0 Å². The quantitative estimate of drug-likeness (QED) is 0.834. The summed E-state index contributed by atoms with van der Waals surface area (Å²) in [5, 5.41) is 2.68. The number of amides is 2. The molecule has 1 unspecified atom stereocenters. The van der Waals surface area contributed by atoms with Crippen molar-refractivity contribution in [2.45, 2.75) is 12.5 Å². The Morgan fingerprint density at radius 1 is 1.30 bits per heavy atom. The van der Waals surface area contributed by atoms with Crippen LogP contribution in [0.5, 0.6) is 0 Å². The number of fused-ring (bicyclic) bond motifs is 1. The van der Waals surface area contributed by atoms with Gasteiger partial charge in [-0.05, 0) is 24.3 Å². The molecule has 1 saturated heterocycles. The number of rotatable bonds is 3. The van der Waals surface area contributed by atoms with Gasteiger partial charge in [-0.3, -0.25) is 14.4 Å². The first-order chi connectivity index (χ1) is 11.1. The summed E-state index contributed by atoms with van der Waals surface area (Å²) in [4.78, 5) is 37.9. The molecule has 1 fully saturated rings. The summed E-state index contributed by atoms with van der Waals surface area (Å²) in [5.74, 6) is -1.14. The Labute approximate surface area is 132 Å². The third-order valence-electron chi connectivity index (χ3n) is 3.96. The molecule has 7 nitrogen and oxygen atoms in total. The van der Waals surface area contributed by atoms with Gasteiger partial charge in [0, 0.05) is 24.8 Å². The van der Waals surface area contributed by atoms with Crippen molar-refractivity contribution >= 4 is 23.3 Å². The van der Waals surface area contributed by atoms with Crippen LogP contribution in [0.4, 0.5) is 0 Å². The van der Waals surface area contributed by atoms with Crippen molar-refractivity contribution < 1.29 is 19.1 Å². The van der Waals surface area contributed by atoms with E-state index >= 15 is 0 Å². The lowest BCUT2D eigenvalue weighted by atomic mass is 10.1. The van der Waals surface area contributed by atoms with Crippen LogP contribution in [0.3, 0.4) is 0 Å². The lowest BCUT2D eigenvalue weighted by molar-refractivity contribution is -0.145. The molecule has 0 aromatic carbocycles. The van der Waals surface area contributed by atoms with Crippen LogP contribution in [-0.4, -0.2) is 53.3 Å². The molecule has 0 aliphatic carbocycles. The molecule has 0 radical (unpaired) electrons. The minimum Gasteiger partial charge on any atom is -0.469 e. The Kier molecular flexibility index (Phi) is 4.01. The Balaban J connectivity index is 1.92. The fourth-order valence-corrected chi connectivity index (χ4v) is 2.78. The van der Waals surface area contributed by atoms with E-state index in [4.69, 9.17) is 0 Å². The van der Waals surface area contributed by atoms with Gasteiger partial charge in [-0.15, -0.1) is 0 Å². The second-order valence-corrected chi connectivity index (χ2v) is 5.30. The van der Waals surface area contributed by atoms with Crippen LogP contribution in [0.1, 0.15) is 16.9 Å². The van der Waals surface area contributed by atoms with Gasteiger partial charge >= 0.3 is 5.97 Å². The Morgan fingerprint density at radius 2 is 2.13 bits per heavy atom. The number of carbonyl (C=O) groups is 3. The first kappa shape index (κ1) is 15.1. The van der Waals surface area contributed by atoms with Crippen molar-refractivity contribution in [1.29, 1.82) is 0 Å². The number of esters is 1. The van der Waals surface area contributed by atoms with Gasteiger partial charge < -0.3 is 19.4 Å². The monoisotopic (exact) mass is 315 g/mol. The zero-order valence-electron chi connectivity index (χ0n) is 12.7. The number of methoxy groups -OCH3 is 1. The van der Waals surface area contributed by atoms with E-state index in [0.717, 1.165) is 5.52 Å². The number of nitrogens with one attached hydrogen (secondary N) is 1. The van der Waals surface area contributed by atoms with Crippen LogP contribution in [0.15, 0.2) is 36.5 Å². The lowest BCUT2D eigenvalue weighted by Gasteiger charge is -2.34. The van der Waals surface area contributed by atoms with Gasteiger partial charge in [0.1, 0.15) is 11.7 Å². The van der Waals surface area contributed by atoms with Crippen molar-refractivity contribution in [1.82, 2.24) is 14.6 Å². The van der Waals surface area contributed by atoms with E-state index in [2.05, 4.69) is 10.1 Å². The summed E-state index contributed by atoms with van der Waals surface area (Å²) >= 11 is 0. The first-order valence-corrected chi connectivity index (χ1v) is 7.33. The molecule has 1 N–H and O–H groups in total. The normalized spacial score (nSPS) is 17.9. The van der Waals surface area contributed by atoms with Crippen LogP contribution in [0, 0.1) is 0 Å². The molecule has 1 aliphatic rings. The summed E-state index contributed by atoms with van der Waals surface area (Å²) in [6, 6.07) is 8.33. The summed E-state index contributed by atoms with van der Waals surface area (Å²) in [7, 11) is 1.26. The van der Waals surface area contributed by atoms with E-state index in [0.29, 0.717) is 18.8 Å². The molecule has 3 rings (SSSR count). The van der Waals surface area contributed by atoms with E-state index in [1.54, 1.807) is 16.7 Å². The predicted octanol–water partition coefficient (Wildman–Crippen LogP) is 0.443. The maximum atomic E-state index is 12.9. The molecule has 2 amide bonds. The maximum absolute atomic E-state index is 12.9. The smallest absolute Gasteiger partial charge is 0.308 e. The van der Waals surface area contributed by atoms with Crippen LogP contribution in [0.25, 0.3) is 5.52 Å². The Hall–Kier alpha value is -2.83. The lowest BCUT2D eigenvalue weighted by Crippen LogP contribution is -2.58. The fraction of sp³-hybridized carbons (Fsp3) is 0.312. The SMILES string of the molecule is COC(=O)CC1C(=O)NCCN1C(=O)c1ccc2ccccn12. The minimum absolute atomic E-state index is 0.155. The molecule has 3 heterocycles. The molecule has 0 spiro atoms. The van der Waals surface area contributed by atoms with E-state index in [1.165, 1.54) is 12.0 Å². The average Bonchev–Trinajstić information content (AvgIpc) is 3.00. The number of nitrogens with zero attached hydrogens (tertiary/aromatic N) is 2. The van der Waals surface area contributed by atoms with E-state index < -0.39 is 12.0 Å². The Bertz CT molecular complexity index is 768. The third kappa shape index (κ3) is 2.77. The molecule has 2 aromatic rings. The van der Waals surface area contributed by atoms with Crippen molar-refractivity contribution in [3.63, 3.8) is 0 Å². The molecule has 1 aliphatic heterocycles. The molecule has 7 heteroatoms. The van der Waals surface area contributed by atoms with Crippen LogP contribution in [0.2, 0.25) is 0 Å². The van der Waals surface area contributed by atoms with Gasteiger partial charge in [0.05, 0.1) is 13.5 Å². The van der Waals surface area contributed by atoms with Crippen molar-refractivity contribution in [3.8, 4) is 0 Å². The highest BCUT2D eigenvalue weighted by atomic mass is 16.5. The van der Waals surface area contributed by atoms with Gasteiger partial charge in [0.25, 0.3) is 5.91 Å². The summed E-state index contributed by atoms with van der Waals surface area (Å²) in [6.07, 6.45) is 1.64. The van der Waals surface area contributed by atoms with Gasteiger partial charge in [-0.1, -0.05) is 6.07 Å². The molecular weight excluding hydrogens is 298 g/mol. The van der Waals surface area contributed by atoms with Gasteiger partial charge in [0.2, 0.25) is 5.91 Å². The number of hydrogen-bond donors (Lipinski definition) is 1.